The number of unbranched alkanes of at least 4 members (excludes halogenated alkanes) is 2. The summed E-state index contributed by atoms with van der Waals surface area (Å²) < 4.78 is 68.7. The zero-order chi connectivity index (χ0) is 25.5. The molecule has 1 fully saturated rings. The number of alkyl halides is 3. The molecule has 3 nitrogen and oxygen atoms in total. The van der Waals surface area contributed by atoms with E-state index in [9.17, 15) is 13.2 Å². The Hall–Kier alpha value is -2.64. The summed E-state index contributed by atoms with van der Waals surface area (Å²) in [6.45, 7) is 2.22. The van der Waals surface area contributed by atoms with E-state index in [1.807, 2.05) is 18.2 Å². The van der Waals surface area contributed by atoms with Crippen molar-refractivity contribution >= 4 is 10.8 Å². The first kappa shape index (κ1) is 26.4. The fourth-order valence-corrected chi connectivity index (χ4v) is 4.48. The standard InChI is InChI=1S/C29H32F4O3/c1-2-3-4-5-21-17-34-28(35-18-21)24-12-15-26-23(16-24)11-10-22(27(26)30)9-6-20-7-13-25(14-8-20)36-19-29(31,32)33/h7-8,10-16,21,28H,2-6,9,17-19H2,1H3. The van der Waals surface area contributed by atoms with Crippen LogP contribution in [0, 0.1) is 11.7 Å². The summed E-state index contributed by atoms with van der Waals surface area (Å²) in [6, 6.07) is 15.7. The molecule has 1 aliphatic rings. The second-order valence-corrected chi connectivity index (χ2v) is 9.43. The highest BCUT2D eigenvalue weighted by Crippen LogP contribution is 2.31. The van der Waals surface area contributed by atoms with Crippen LogP contribution in [-0.4, -0.2) is 26.0 Å². The van der Waals surface area contributed by atoms with E-state index in [-0.39, 0.29) is 11.6 Å². The SMILES string of the molecule is CCCCCC1COC(c2ccc3c(F)c(CCc4ccc(OCC(F)(F)F)cc4)ccc3c2)OC1. The Morgan fingerprint density at radius 1 is 0.917 bits per heavy atom. The van der Waals surface area contributed by atoms with E-state index in [0.717, 1.165) is 22.9 Å². The first-order valence-electron chi connectivity index (χ1n) is 12.5. The van der Waals surface area contributed by atoms with Crippen LogP contribution in [0.2, 0.25) is 0 Å². The molecule has 3 aromatic rings. The van der Waals surface area contributed by atoms with Gasteiger partial charge in [0.2, 0.25) is 0 Å². The molecule has 4 rings (SSSR count). The molecular formula is C29H32F4O3. The average molecular weight is 505 g/mol. The van der Waals surface area contributed by atoms with Gasteiger partial charge in [0.1, 0.15) is 11.6 Å². The van der Waals surface area contributed by atoms with Crippen LogP contribution in [0.15, 0.2) is 54.6 Å². The van der Waals surface area contributed by atoms with Crippen molar-refractivity contribution in [1.82, 2.24) is 0 Å². The minimum absolute atomic E-state index is 0.154. The van der Waals surface area contributed by atoms with Crippen LogP contribution in [-0.2, 0) is 22.3 Å². The smallest absolute Gasteiger partial charge is 0.422 e. The predicted molar refractivity (Wildman–Crippen MR) is 132 cm³/mol. The topological polar surface area (TPSA) is 27.7 Å². The molecule has 3 aromatic carbocycles. The van der Waals surface area contributed by atoms with Gasteiger partial charge in [-0.3, -0.25) is 0 Å². The van der Waals surface area contributed by atoms with E-state index in [1.54, 1.807) is 24.3 Å². The average Bonchev–Trinajstić information content (AvgIpc) is 2.88. The second kappa shape index (κ2) is 12.1. The summed E-state index contributed by atoms with van der Waals surface area (Å²) in [7, 11) is 0. The van der Waals surface area contributed by atoms with Crippen molar-refractivity contribution in [1.29, 1.82) is 0 Å². The van der Waals surface area contributed by atoms with Crippen LogP contribution in [0.1, 0.15) is 55.6 Å². The highest BCUT2D eigenvalue weighted by Gasteiger charge is 2.28. The van der Waals surface area contributed by atoms with Crippen LogP contribution in [0.4, 0.5) is 17.6 Å². The summed E-state index contributed by atoms with van der Waals surface area (Å²) in [4.78, 5) is 0. The molecule has 0 radical (unpaired) electrons. The van der Waals surface area contributed by atoms with Gasteiger partial charge in [-0.1, -0.05) is 62.6 Å². The van der Waals surface area contributed by atoms with Crippen LogP contribution in [0.5, 0.6) is 5.75 Å². The Balaban J connectivity index is 1.34. The van der Waals surface area contributed by atoms with E-state index in [1.165, 1.54) is 31.4 Å². The number of halogens is 4. The Morgan fingerprint density at radius 2 is 1.67 bits per heavy atom. The van der Waals surface area contributed by atoms with E-state index in [0.29, 0.717) is 42.9 Å². The normalized spacial score (nSPS) is 18.5. The maximum absolute atomic E-state index is 15.2. The summed E-state index contributed by atoms with van der Waals surface area (Å²) in [5, 5.41) is 1.33. The zero-order valence-electron chi connectivity index (χ0n) is 20.5. The summed E-state index contributed by atoms with van der Waals surface area (Å²) >= 11 is 0. The number of hydrogen-bond acceptors (Lipinski definition) is 3. The minimum Gasteiger partial charge on any atom is -0.484 e. The Bertz CT molecular complexity index is 1120. The molecular weight excluding hydrogens is 472 g/mol. The molecule has 0 spiro atoms. The first-order valence-corrected chi connectivity index (χ1v) is 12.5. The quantitative estimate of drug-likeness (QED) is 0.207. The monoisotopic (exact) mass is 504 g/mol. The van der Waals surface area contributed by atoms with Crippen LogP contribution in [0.3, 0.4) is 0 Å². The van der Waals surface area contributed by atoms with Crippen molar-refractivity contribution in [2.24, 2.45) is 5.92 Å². The third-order valence-corrected chi connectivity index (χ3v) is 6.52. The summed E-state index contributed by atoms with van der Waals surface area (Å²) in [5.74, 6) is 0.323. The van der Waals surface area contributed by atoms with Crippen molar-refractivity contribution in [2.75, 3.05) is 19.8 Å². The van der Waals surface area contributed by atoms with Gasteiger partial charge >= 0.3 is 6.18 Å². The fraction of sp³-hybridized carbons (Fsp3) is 0.448. The summed E-state index contributed by atoms with van der Waals surface area (Å²) in [6.07, 6.45) is 0.959. The van der Waals surface area contributed by atoms with Gasteiger partial charge < -0.3 is 14.2 Å². The van der Waals surface area contributed by atoms with Crippen molar-refractivity contribution in [3.63, 3.8) is 0 Å². The molecule has 1 saturated heterocycles. The minimum atomic E-state index is -4.37. The molecule has 0 N–H and O–H groups in total. The number of aryl methyl sites for hydroxylation is 2. The number of fused-ring (bicyclic) bond motifs is 1. The van der Waals surface area contributed by atoms with Gasteiger partial charge in [-0.25, -0.2) is 4.39 Å². The molecule has 7 heteroatoms. The highest BCUT2D eigenvalue weighted by molar-refractivity contribution is 5.84. The van der Waals surface area contributed by atoms with Gasteiger partial charge in [0.05, 0.1) is 13.2 Å². The number of hydrogen-bond donors (Lipinski definition) is 0. The van der Waals surface area contributed by atoms with Crippen molar-refractivity contribution in [3.8, 4) is 5.75 Å². The molecule has 0 unspecified atom stereocenters. The van der Waals surface area contributed by atoms with Gasteiger partial charge in [0.15, 0.2) is 12.9 Å². The van der Waals surface area contributed by atoms with E-state index in [2.05, 4.69) is 6.92 Å². The lowest BCUT2D eigenvalue weighted by atomic mass is 9.98. The molecule has 0 bridgehead atoms. The van der Waals surface area contributed by atoms with Crippen LogP contribution < -0.4 is 4.74 Å². The lowest BCUT2D eigenvalue weighted by Gasteiger charge is -2.29. The molecule has 0 aliphatic carbocycles. The fourth-order valence-electron chi connectivity index (χ4n) is 4.48. The van der Waals surface area contributed by atoms with Gasteiger partial charge in [-0.2, -0.15) is 13.2 Å². The largest absolute Gasteiger partial charge is 0.484 e. The molecule has 0 aromatic heterocycles. The van der Waals surface area contributed by atoms with E-state index < -0.39 is 19.1 Å². The van der Waals surface area contributed by atoms with Crippen molar-refractivity contribution < 1.29 is 31.8 Å². The van der Waals surface area contributed by atoms with Gasteiger partial charge in [-0.05, 0) is 54.0 Å². The lowest BCUT2D eigenvalue weighted by molar-refractivity contribution is -0.206. The van der Waals surface area contributed by atoms with Crippen molar-refractivity contribution in [2.45, 2.75) is 57.9 Å². The lowest BCUT2D eigenvalue weighted by Crippen LogP contribution is -2.27. The van der Waals surface area contributed by atoms with Crippen molar-refractivity contribution in [3.05, 3.63) is 77.1 Å². The van der Waals surface area contributed by atoms with Gasteiger partial charge in [0.25, 0.3) is 0 Å². The highest BCUT2D eigenvalue weighted by atomic mass is 19.4. The second-order valence-electron chi connectivity index (χ2n) is 9.43. The number of ether oxygens (including phenoxy) is 3. The van der Waals surface area contributed by atoms with Gasteiger partial charge in [0, 0.05) is 16.9 Å². The molecule has 194 valence electrons. The molecule has 1 aliphatic heterocycles. The molecule has 0 saturated carbocycles. The molecule has 0 amide bonds. The summed E-state index contributed by atoms with van der Waals surface area (Å²) in [5.41, 5.74) is 2.37. The van der Waals surface area contributed by atoms with Crippen LogP contribution >= 0.6 is 0 Å². The van der Waals surface area contributed by atoms with Gasteiger partial charge in [-0.15, -0.1) is 0 Å². The maximum Gasteiger partial charge on any atom is 0.422 e. The zero-order valence-corrected chi connectivity index (χ0v) is 20.5. The Labute approximate surface area is 209 Å². The third-order valence-electron chi connectivity index (χ3n) is 6.52. The Morgan fingerprint density at radius 3 is 2.36 bits per heavy atom. The third kappa shape index (κ3) is 7.20. The maximum atomic E-state index is 15.2. The van der Waals surface area contributed by atoms with E-state index >= 15 is 4.39 Å². The van der Waals surface area contributed by atoms with E-state index in [4.69, 9.17) is 14.2 Å². The number of rotatable bonds is 10. The Kier molecular flexibility index (Phi) is 8.86. The molecule has 0 atom stereocenters. The first-order chi connectivity index (χ1) is 17.3. The molecule has 1 heterocycles. The van der Waals surface area contributed by atoms with Crippen LogP contribution in [0.25, 0.3) is 10.8 Å². The molecule has 36 heavy (non-hydrogen) atoms. The number of benzene rings is 3. The predicted octanol–water partition coefficient (Wildman–Crippen LogP) is 7.95.